The monoisotopic (exact) mass is 397 g/mol. The molecule has 27 heavy (non-hydrogen) atoms. The SMILES string of the molecule is CC(C1CCCCC1)[C@@H](NC(=O)OC(C)(C)C)C(=S)NC1CCN(C)CC1. The molecule has 0 aromatic carbocycles. The average Bonchev–Trinajstić information content (AvgIpc) is 2.60. The Bertz CT molecular complexity index is 492. The molecule has 1 saturated carbocycles. The molecule has 0 bridgehead atoms. The zero-order chi connectivity index (χ0) is 20.0. The highest BCUT2D eigenvalue weighted by molar-refractivity contribution is 7.80. The number of carbonyl (C=O) groups is 1. The van der Waals surface area contributed by atoms with Crippen LogP contribution in [0.3, 0.4) is 0 Å². The van der Waals surface area contributed by atoms with Crippen LogP contribution in [0, 0.1) is 11.8 Å². The van der Waals surface area contributed by atoms with Crippen molar-refractivity contribution >= 4 is 23.3 Å². The van der Waals surface area contributed by atoms with Crippen molar-refractivity contribution in [1.29, 1.82) is 0 Å². The number of piperidine rings is 1. The Balaban J connectivity index is 2.02. The second-order valence-corrected chi connectivity index (χ2v) is 9.91. The minimum absolute atomic E-state index is 0.169. The van der Waals surface area contributed by atoms with E-state index in [-0.39, 0.29) is 12.1 Å². The standard InChI is InChI=1S/C21H39N3O2S/c1-15(16-9-7-6-8-10-16)18(23-20(25)26-21(2,3)4)19(27)22-17-11-13-24(5)14-12-17/h15-18H,6-14H2,1-5H3,(H,22,27)(H,23,25)/t15?,18-/m1/s1. The molecule has 2 atom stereocenters. The number of ether oxygens (including phenoxy) is 1. The third kappa shape index (κ3) is 7.57. The normalized spacial score (nSPS) is 22.7. The van der Waals surface area contributed by atoms with Crippen LogP contribution in [0.25, 0.3) is 0 Å². The summed E-state index contributed by atoms with van der Waals surface area (Å²) >= 11 is 5.80. The molecule has 2 fully saturated rings. The Morgan fingerprint density at radius 1 is 1.11 bits per heavy atom. The van der Waals surface area contributed by atoms with Crippen molar-refractivity contribution in [3.8, 4) is 0 Å². The number of nitrogens with zero attached hydrogens (tertiary/aromatic N) is 1. The predicted octanol–water partition coefficient (Wildman–Crippen LogP) is 4.11. The van der Waals surface area contributed by atoms with Gasteiger partial charge in [-0.25, -0.2) is 4.79 Å². The summed E-state index contributed by atoms with van der Waals surface area (Å²) < 4.78 is 5.52. The van der Waals surface area contributed by atoms with Gasteiger partial charge in [-0.1, -0.05) is 51.2 Å². The molecule has 1 amide bonds. The van der Waals surface area contributed by atoms with E-state index >= 15 is 0 Å². The number of amides is 1. The van der Waals surface area contributed by atoms with Gasteiger partial charge in [0, 0.05) is 6.04 Å². The molecule has 1 aliphatic carbocycles. The highest BCUT2D eigenvalue weighted by atomic mass is 32.1. The Labute approximate surface area is 171 Å². The van der Waals surface area contributed by atoms with Crippen molar-refractivity contribution < 1.29 is 9.53 Å². The van der Waals surface area contributed by atoms with Gasteiger partial charge in [0.2, 0.25) is 0 Å². The minimum atomic E-state index is -0.508. The topological polar surface area (TPSA) is 53.6 Å². The van der Waals surface area contributed by atoms with Gasteiger partial charge in [0.1, 0.15) is 5.60 Å². The minimum Gasteiger partial charge on any atom is -0.444 e. The van der Waals surface area contributed by atoms with Crippen LogP contribution in [0.15, 0.2) is 0 Å². The molecule has 1 heterocycles. The van der Waals surface area contributed by atoms with Gasteiger partial charge in [0.15, 0.2) is 0 Å². The smallest absolute Gasteiger partial charge is 0.408 e. The maximum Gasteiger partial charge on any atom is 0.408 e. The van der Waals surface area contributed by atoms with Crippen molar-refractivity contribution in [1.82, 2.24) is 15.5 Å². The van der Waals surface area contributed by atoms with Crippen molar-refractivity contribution in [2.75, 3.05) is 20.1 Å². The number of hydrogen-bond donors (Lipinski definition) is 2. The van der Waals surface area contributed by atoms with Gasteiger partial charge in [0.05, 0.1) is 11.0 Å². The van der Waals surface area contributed by atoms with Crippen molar-refractivity contribution in [3.63, 3.8) is 0 Å². The summed E-state index contributed by atoms with van der Waals surface area (Å²) in [4.78, 5) is 15.6. The van der Waals surface area contributed by atoms with Gasteiger partial charge in [0.25, 0.3) is 0 Å². The van der Waals surface area contributed by atoms with Crippen molar-refractivity contribution in [2.45, 2.75) is 90.3 Å². The first kappa shape index (κ1) is 22.4. The molecule has 0 aromatic heterocycles. The molecular weight excluding hydrogens is 358 g/mol. The van der Waals surface area contributed by atoms with Gasteiger partial charge in [-0.2, -0.15) is 0 Å². The van der Waals surface area contributed by atoms with Gasteiger partial charge in [-0.15, -0.1) is 0 Å². The van der Waals surface area contributed by atoms with Crippen LogP contribution in [-0.4, -0.2) is 53.8 Å². The van der Waals surface area contributed by atoms with Gasteiger partial charge < -0.3 is 20.3 Å². The molecule has 1 saturated heterocycles. The third-order valence-corrected chi connectivity index (χ3v) is 6.31. The van der Waals surface area contributed by atoms with E-state index in [1.54, 1.807) is 0 Å². The van der Waals surface area contributed by atoms with E-state index in [2.05, 4.69) is 29.5 Å². The van der Waals surface area contributed by atoms with Gasteiger partial charge in [-0.3, -0.25) is 0 Å². The molecule has 1 unspecified atom stereocenters. The molecule has 1 aliphatic heterocycles. The Hall–Kier alpha value is -0.880. The van der Waals surface area contributed by atoms with Crippen LogP contribution >= 0.6 is 12.2 Å². The first-order valence-corrected chi connectivity index (χ1v) is 11.0. The lowest BCUT2D eigenvalue weighted by Gasteiger charge is -2.37. The molecule has 2 rings (SSSR count). The fraction of sp³-hybridized carbons (Fsp3) is 0.905. The molecule has 5 nitrogen and oxygen atoms in total. The van der Waals surface area contributed by atoms with E-state index in [0.717, 1.165) is 30.9 Å². The molecule has 0 aromatic rings. The van der Waals surface area contributed by atoms with Crippen LogP contribution in [-0.2, 0) is 4.74 Å². The summed E-state index contributed by atoms with van der Waals surface area (Å²) in [6, 6.07) is 0.229. The summed E-state index contributed by atoms with van der Waals surface area (Å²) in [6.45, 7) is 10.1. The van der Waals surface area contributed by atoms with Crippen LogP contribution in [0.2, 0.25) is 0 Å². The van der Waals surface area contributed by atoms with Gasteiger partial charge in [-0.05, 0) is 65.6 Å². The molecule has 0 radical (unpaired) electrons. The summed E-state index contributed by atoms with van der Waals surface area (Å²) in [6.07, 6.45) is 8.15. The lowest BCUT2D eigenvalue weighted by molar-refractivity contribution is 0.0494. The molecule has 6 heteroatoms. The lowest BCUT2D eigenvalue weighted by atomic mass is 9.77. The second-order valence-electron chi connectivity index (χ2n) is 9.47. The number of hydrogen-bond acceptors (Lipinski definition) is 4. The third-order valence-electron chi connectivity index (χ3n) is 5.94. The maximum atomic E-state index is 12.5. The fourth-order valence-electron chi connectivity index (χ4n) is 4.25. The largest absolute Gasteiger partial charge is 0.444 e. The summed E-state index contributed by atoms with van der Waals surface area (Å²) in [5.74, 6) is 0.917. The molecule has 2 N–H and O–H groups in total. The van der Waals surface area contributed by atoms with Crippen molar-refractivity contribution in [2.24, 2.45) is 11.8 Å². The number of likely N-dealkylation sites (tertiary alicyclic amines) is 1. The number of nitrogens with one attached hydrogen (secondary N) is 2. The van der Waals surface area contributed by atoms with E-state index < -0.39 is 5.60 Å². The molecule has 156 valence electrons. The number of alkyl carbamates (subject to hydrolysis) is 1. The second kappa shape index (κ2) is 10.1. The van der Waals surface area contributed by atoms with E-state index in [4.69, 9.17) is 17.0 Å². The number of carbonyl (C=O) groups excluding carboxylic acids is 1. The number of thiocarbonyl (C=S) groups is 1. The van der Waals surface area contributed by atoms with Crippen LogP contribution < -0.4 is 10.6 Å². The fourth-order valence-corrected chi connectivity index (χ4v) is 4.69. The number of rotatable bonds is 5. The quantitative estimate of drug-likeness (QED) is 0.684. The van der Waals surface area contributed by atoms with Gasteiger partial charge >= 0.3 is 6.09 Å². The Kier molecular flexibility index (Phi) is 8.35. The molecular formula is C21H39N3O2S. The summed E-state index contributed by atoms with van der Waals surface area (Å²) in [5.41, 5.74) is -0.508. The maximum absolute atomic E-state index is 12.5. The van der Waals surface area contributed by atoms with Crippen LogP contribution in [0.1, 0.15) is 72.6 Å². The molecule has 2 aliphatic rings. The lowest BCUT2D eigenvalue weighted by Crippen LogP contribution is -2.55. The van der Waals surface area contributed by atoms with E-state index in [1.807, 2.05) is 20.8 Å². The Morgan fingerprint density at radius 3 is 2.26 bits per heavy atom. The van der Waals surface area contributed by atoms with E-state index in [9.17, 15) is 4.79 Å². The zero-order valence-electron chi connectivity index (χ0n) is 17.8. The zero-order valence-corrected chi connectivity index (χ0v) is 18.7. The van der Waals surface area contributed by atoms with Crippen LogP contribution in [0.5, 0.6) is 0 Å². The van der Waals surface area contributed by atoms with E-state index in [1.165, 1.54) is 32.1 Å². The average molecular weight is 398 g/mol. The first-order chi connectivity index (χ1) is 12.7. The van der Waals surface area contributed by atoms with Crippen LogP contribution in [0.4, 0.5) is 4.79 Å². The summed E-state index contributed by atoms with van der Waals surface area (Å²) in [5, 5.41) is 6.66. The Morgan fingerprint density at radius 2 is 1.70 bits per heavy atom. The highest BCUT2D eigenvalue weighted by Gasteiger charge is 2.33. The summed E-state index contributed by atoms with van der Waals surface area (Å²) in [7, 11) is 2.16. The first-order valence-electron chi connectivity index (χ1n) is 10.6. The van der Waals surface area contributed by atoms with Crippen molar-refractivity contribution in [3.05, 3.63) is 0 Å². The molecule has 0 spiro atoms. The predicted molar refractivity (Wildman–Crippen MR) is 115 cm³/mol. The van der Waals surface area contributed by atoms with E-state index in [0.29, 0.717) is 17.9 Å². The highest BCUT2D eigenvalue weighted by Crippen LogP contribution is 2.32.